The van der Waals surface area contributed by atoms with Crippen LogP contribution in [0.25, 0.3) is 11.4 Å². The number of hydrogen-bond acceptors (Lipinski definition) is 6. The zero-order chi connectivity index (χ0) is 17.8. The molecule has 2 heterocycles. The molecule has 0 bridgehead atoms. The summed E-state index contributed by atoms with van der Waals surface area (Å²) in [6.07, 6.45) is -0.209. The Bertz CT molecular complexity index is 850. The van der Waals surface area contributed by atoms with E-state index in [1.807, 2.05) is 42.5 Å². The van der Waals surface area contributed by atoms with Gasteiger partial charge < -0.3 is 14.0 Å². The lowest BCUT2D eigenvalue weighted by Crippen LogP contribution is -2.37. The first kappa shape index (κ1) is 16.8. The number of nitrogens with zero attached hydrogens (tertiary/aromatic N) is 3. The Hall–Kier alpha value is -2.70. The largest absolute Gasteiger partial charge is 0.497 e. The van der Waals surface area contributed by atoms with Gasteiger partial charge in [0, 0.05) is 25.2 Å². The van der Waals surface area contributed by atoms with E-state index in [9.17, 15) is 0 Å². The van der Waals surface area contributed by atoms with Crippen LogP contribution in [0, 0.1) is 0 Å². The predicted octanol–water partition coefficient (Wildman–Crippen LogP) is 3.32. The number of rotatable bonds is 5. The molecule has 0 spiro atoms. The molecule has 0 aliphatic carbocycles. The smallest absolute Gasteiger partial charge is 0.257 e. The topological polar surface area (TPSA) is 60.6 Å². The summed E-state index contributed by atoms with van der Waals surface area (Å²) in [6, 6.07) is 17.9. The zero-order valence-corrected chi connectivity index (χ0v) is 14.7. The van der Waals surface area contributed by atoms with Crippen molar-refractivity contribution in [3.63, 3.8) is 0 Å². The minimum Gasteiger partial charge on any atom is -0.497 e. The molecule has 6 heteroatoms. The molecule has 0 radical (unpaired) electrons. The Morgan fingerprint density at radius 3 is 2.88 bits per heavy atom. The van der Waals surface area contributed by atoms with Gasteiger partial charge in [-0.2, -0.15) is 4.98 Å². The number of benzene rings is 2. The second kappa shape index (κ2) is 7.68. The maximum Gasteiger partial charge on any atom is 0.257 e. The molecular formula is C20H21N3O3. The Morgan fingerprint density at radius 2 is 2.04 bits per heavy atom. The number of methoxy groups -OCH3 is 1. The van der Waals surface area contributed by atoms with Crippen molar-refractivity contribution in [3.8, 4) is 17.1 Å². The Kier molecular flexibility index (Phi) is 4.95. The highest BCUT2D eigenvalue weighted by atomic mass is 16.5. The second-order valence-corrected chi connectivity index (χ2v) is 6.27. The summed E-state index contributed by atoms with van der Waals surface area (Å²) >= 11 is 0. The first-order valence-corrected chi connectivity index (χ1v) is 8.68. The molecule has 4 rings (SSSR count). The first-order chi connectivity index (χ1) is 12.8. The molecule has 1 aromatic heterocycles. The van der Waals surface area contributed by atoms with E-state index in [1.165, 1.54) is 5.56 Å². The molecule has 2 aromatic carbocycles. The third-order valence-electron chi connectivity index (χ3n) is 4.44. The van der Waals surface area contributed by atoms with E-state index in [1.54, 1.807) is 7.11 Å². The molecule has 0 N–H and O–H groups in total. The van der Waals surface area contributed by atoms with Gasteiger partial charge in [0.2, 0.25) is 5.82 Å². The van der Waals surface area contributed by atoms with Crippen molar-refractivity contribution in [2.75, 3.05) is 26.8 Å². The van der Waals surface area contributed by atoms with Crippen LogP contribution in [0.1, 0.15) is 17.6 Å². The molecule has 1 saturated heterocycles. The fourth-order valence-electron chi connectivity index (χ4n) is 3.10. The monoisotopic (exact) mass is 351 g/mol. The van der Waals surface area contributed by atoms with E-state index in [0.29, 0.717) is 24.9 Å². The van der Waals surface area contributed by atoms with Gasteiger partial charge in [0.1, 0.15) is 11.9 Å². The number of morpholine rings is 1. The molecule has 26 heavy (non-hydrogen) atoms. The highest BCUT2D eigenvalue weighted by molar-refractivity contribution is 5.53. The molecule has 0 unspecified atom stereocenters. The Labute approximate surface area is 152 Å². The highest BCUT2D eigenvalue weighted by Crippen LogP contribution is 2.25. The summed E-state index contributed by atoms with van der Waals surface area (Å²) in [7, 11) is 1.68. The lowest BCUT2D eigenvalue weighted by molar-refractivity contribution is -0.0475. The van der Waals surface area contributed by atoms with Gasteiger partial charge in [0.05, 0.1) is 13.7 Å². The van der Waals surface area contributed by atoms with Crippen LogP contribution in [0.15, 0.2) is 59.1 Å². The van der Waals surface area contributed by atoms with Gasteiger partial charge in [-0.05, 0) is 17.7 Å². The van der Waals surface area contributed by atoms with Crippen molar-refractivity contribution < 1.29 is 14.0 Å². The van der Waals surface area contributed by atoms with Crippen LogP contribution in [-0.2, 0) is 11.3 Å². The van der Waals surface area contributed by atoms with Crippen molar-refractivity contribution >= 4 is 0 Å². The molecule has 0 amide bonds. The first-order valence-electron chi connectivity index (χ1n) is 8.68. The number of ether oxygens (including phenoxy) is 2. The summed E-state index contributed by atoms with van der Waals surface area (Å²) in [4.78, 5) is 6.85. The van der Waals surface area contributed by atoms with E-state index < -0.39 is 0 Å². The second-order valence-electron chi connectivity index (χ2n) is 6.27. The normalized spacial score (nSPS) is 18.0. The summed E-state index contributed by atoms with van der Waals surface area (Å²) in [5.74, 6) is 1.99. The molecule has 3 aromatic rings. The lowest BCUT2D eigenvalue weighted by atomic mass is 10.1. The van der Waals surface area contributed by atoms with Crippen molar-refractivity contribution in [2.45, 2.75) is 12.6 Å². The third kappa shape index (κ3) is 3.76. The zero-order valence-electron chi connectivity index (χ0n) is 14.7. The predicted molar refractivity (Wildman–Crippen MR) is 96.7 cm³/mol. The average Bonchev–Trinajstić information content (AvgIpc) is 3.19. The molecular weight excluding hydrogens is 330 g/mol. The van der Waals surface area contributed by atoms with Crippen molar-refractivity contribution in [2.24, 2.45) is 0 Å². The van der Waals surface area contributed by atoms with E-state index in [0.717, 1.165) is 24.4 Å². The van der Waals surface area contributed by atoms with Crippen LogP contribution in [0.4, 0.5) is 0 Å². The van der Waals surface area contributed by atoms with Crippen molar-refractivity contribution in [1.82, 2.24) is 15.0 Å². The van der Waals surface area contributed by atoms with E-state index in [2.05, 4.69) is 27.2 Å². The fourth-order valence-corrected chi connectivity index (χ4v) is 3.10. The van der Waals surface area contributed by atoms with Crippen LogP contribution in [0.5, 0.6) is 5.75 Å². The van der Waals surface area contributed by atoms with E-state index >= 15 is 0 Å². The number of aromatic nitrogens is 2. The van der Waals surface area contributed by atoms with E-state index in [-0.39, 0.29) is 6.10 Å². The summed E-state index contributed by atoms with van der Waals surface area (Å²) < 4.78 is 16.6. The highest BCUT2D eigenvalue weighted by Gasteiger charge is 2.27. The van der Waals surface area contributed by atoms with Gasteiger partial charge in [-0.15, -0.1) is 0 Å². The van der Waals surface area contributed by atoms with Crippen molar-refractivity contribution in [1.29, 1.82) is 0 Å². The molecule has 1 aliphatic heterocycles. The SMILES string of the molecule is COc1cccc(CN2CCO[C@@H](c3nc(-c4ccccc4)no3)C2)c1. The van der Waals surface area contributed by atoms with Gasteiger partial charge in [0.15, 0.2) is 0 Å². The van der Waals surface area contributed by atoms with Crippen LogP contribution >= 0.6 is 0 Å². The Balaban J connectivity index is 1.44. The van der Waals surface area contributed by atoms with Gasteiger partial charge in [-0.3, -0.25) is 4.90 Å². The summed E-state index contributed by atoms with van der Waals surface area (Å²) in [5.41, 5.74) is 2.15. The fraction of sp³-hybridized carbons (Fsp3) is 0.300. The van der Waals surface area contributed by atoms with Crippen LogP contribution in [-0.4, -0.2) is 41.8 Å². The van der Waals surface area contributed by atoms with Gasteiger partial charge in [0.25, 0.3) is 5.89 Å². The minimum atomic E-state index is -0.209. The molecule has 0 saturated carbocycles. The van der Waals surface area contributed by atoms with Gasteiger partial charge in [-0.1, -0.05) is 47.6 Å². The molecule has 134 valence electrons. The summed E-state index contributed by atoms with van der Waals surface area (Å²) in [5, 5.41) is 4.09. The Morgan fingerprint density at radius 1 is 1.15 bits per heavy atom. The maximum absolute atomic E-state index is 5.86. The summed E-state index contributed by atoms with van der Waals surface area (Å²) in [6.45, 7) is 3.05. The third-order valence-corrected chi connectivity index (χ3v) is 4.44. The average molecular weight is 351 g/mol. The standard InChI is InChI=1S/C20H21N3O3/c1-24-17-9-5-6-15(12-17)13-23-10-11-25-18(14-23)20-21-19(22-26-20)16-7-3-2-4-8-16/h2-9,12,18H,10-11,13-14H2,1H3/t18-/m1/s1. The van der Waals surface area contributed by atoms with Crippen LogP contribution in [0.3, 0.4) is 0 Å². The lowest BCUT2D eigenvalue weighted by Gasteiger charge is -2.31. The van der Waals surface area contributed by atoms with Crippen molar-refractivity contribution in [3.05, 3.63) is 66.1 Å². The quantitative estimate of drug-likeness (QED) is 0.703. The van der Waals surface area contributed by atoms with Crippen LogP contribution < -0.4 is 4.74 Å². The molecule has 1 aliphatic rings. The van der Waals surface area contributed by atoms with Gasteiger partial charge >= 0.3 is 0 Å². The van der Waals surface area contributed by atoms with E-state index in [4.69, 9.17) is 14.0 Å². The van der Waals surface area contributed by atoms with Gasteiger partial charge in [-0.25, -0.2) is 0 Å². The van der Waals surface area contributed by atoms with Crippen LogP contribution in [0.2, 0.25) is 0 Å². The maximum atomic E-state index is 5.86. The number of hydrogen-bond donors (Lipinski definition) is 0. The molecule has 6 nitrogen and oxygen atoms in total. The molecule has 1 atom stereocenters. The molecule has 1 fully saturated rings. The minimum absolute atomic E-state index is 0.209.